The highest BCUT2D eigenvalue weighted by Gasteiger charge is 2.25. The Labute approximate surface area is 131 Å². The van der Waals surface area contributed by atoms with Crippen LogP contribution in [0.25, 0.3) is 0 Å². The fraction of sp³-hybridized carbons (Fsp3) is 0.647. The number of benzene rings is 1. The minimum absolute atomic E-state index is 0.156. The molecule has 1 aliphatic rings. The van der Waals surface area contributed by atoms with E-state index in [0.717, 1.165) is 51.0 Å². The standard InChI is InChI=1S/C17H26F2N2O/c1-2-3-4-8-15(21-12-10-20-11-13-21)14-7-5-6-9-16(14)22-17(18)19/h5-7,9,15,17,20H,2-4,8,10-13H2,1H3/t15-/m0/s1. The van der Waals surface area contributed by atoms with E-state index in [2.05, 4.69) is 17.1 Å². The summed E-state index contributed by atoms with van der Waals surface area (Å²) < 4.78 is 30.1. The molecule has 1 heterocycles. The lowest BCUT2D eigenvalue weighted by Gasteiger charge is -2.36. The molecule has 2 rings (SSSR count). The number of nitrogens with one attached hydrogen (secondary N) is 1. The number of piperazine rings is 1. The summed E-state index contributed by atoms with van der Waals surface area (Å²) in [5.74, 6) is 0.317. The minimum atomic E-state index is -2.78. The predicted molar refractivity (Wildman–Crippen MR) is 84.4 cm³/mol. The maximum Gasteiger partial charge on any atom is 0.387 e. The molecule has 124 valence electrons. The van der Waals surface area contributed by atoms with Crippen LogP contribution in [0.15, 0.2) is 24.3 Å². The van der Waals surface area contributed by atoms with Crippen molar-refractivity contribution < 1.29 is 13.5 Å². The molecule has 1 aromatic carbocycles. The highest BCUT2D eigenvalue weighted by Crippen LogP contribution is 2.34. The van der Waals surface area contributed by atoms with Crippen LogP contribution in [0.1, 0.15) is 44.2 Å². The fourth-order valence-electron chi connectivity index (χ4n) is 3.08. The van der Waals surface area contributed by atoms with Gasteiger partial charge in [-0.3, -0.25) is 4.90 Å². The van der Waals surface area contributed by atoms with Crippen LogP contribution in [0.2, 0.25) is 0 Å². The summed E-state index contributed by atoms with van der Waals surface area (Å²) in [6.45, 7) is 3.18. The molecule has 1 fully saturated rings. The summed E-state index contributed by atoms with van der Waals surface area (Å²) in [5, 5.41) is 3.34. The molecule has 0 aromatic heterocycles. The zero-order valence-electron chi connectivity index (χ0n) is 13.2. The molecule has 0 amide bonds. The maximum atomic E-state index is 12.7. The number of halogens is 2. The summed E-state index contributed by atoms with van der Waals surface area (Å²) in [6.07, 6.45) is 4.41. The van der Waals surface area contributed by atoms with Crippen molar-refractivity contribution in [3.8, 4) is 5.75 Å². The molecule has 1 aromatic rings. The number of nitrogens with zero attached hydrogens (tertiary/aromatic N) is 1. The van der Waals surface area contributed by atoms with Gasteiger partial charge >= 0.3 is 6.61 Å². The van der Waals surface area contributed by atoms with Crippen molar-refractivity contribution in [3.63, 3.8) is 0 Å². The molecule has 1 aliphatic heterocycles. The molecule has 0 saturated carbocycles. The Hall–Kier alpha value is -1.20. The van der Waals surface area contributed by atoms with E-state index in [-0.39, 0.29) is 6.04 Å². The lowest BCUT2D eigenvalue weighted by atomic mass is 9.97. The molecule has 5 heteroatoms. The molecule has 1 saturated heterocycles. The van der Waals surface area contributed by atoms with E-state index in [9.17, 15) is 8.78 Å². The van der Waals surface area contributed by atoms with Crippen molar-refractivity contribution in [1.82, 2.24) is 10.2 Å². The van der Waals surface area contributed by atoms with Crippen LogP contribution in [0.5, 0.6) is 5.75 Å². The first kappa shape index (κ1) is 17.2. The van der Waals surface area contributed by atoms with Crippen LogP contribution in [0.4, 0.5) is 8.78 Å². The highest BCUT2D eigenvalue weighted by atomic mass is 19.3. The first-order valence-electron chi connectivity index (χ1n) is 8.21. The molecule has 22 heavy (non-hydrogen) atoms. The minimum Gasteiger partial charge on any atom is -0.434 e. The van der Waals surface area contributed by atoms with E-state index < -0.39 is 6.61 Å². The van der Waals surface area contributed by atoms with E-state index in [0.29, 0.717) is 5.75 Å². The topological polar surface area (TPSA) is 24.5 Å². The quantitative estimate of drug-likeness (QED) is 0.739. The van der Waals surface area contributed by atoms with Gasteiger partial charge in [-0.05, 0) is 12.5 Å². The van der Waals surface area contributed by atoms with Crippen molar-refractivity contribution >= 4 is 0 Å². The molecular weight excluding hydrogens is 286 g/mol. The van der Waals surface area contributed by atoms with Crippen LogP contribution in [0, 0.1) is 0 Å². The fourth-order valence-corrected chi connectivity index (χ4v) is 3.08. The number of hydrogen-bond donors (Lipinski definition) is 1. The summed E-state index contributed by atoms with van der Waals surface area (Å²) in [4.78, 5) is 2.39. The third kappa shape index (κ3) is 4.92. The molecule has 0 spiro atoms. The zero-order chi connectivity index (χ0) is 15.8. The van der Waals surface area contributed by atoms with Crippen molar-refractivity contribution in [3.05, 3.63) is 29.8 Å². The van der Waals surface area contributed by atoms with Gasteiger partial charge in [-0.1, -0.05) is 44.4 Å². The van der Waals surface area contributed by atoms with Crippen molar-refractivity contribution in [2.45, 2.75) is 45.3 Å². The van der Waals surface area contributed by atoms with Gasteiger partial charge in [-0.2, -0.15) is 8.78 Å². The van der Waals surface area contributed by atoms with E-state index >= 15 is 0 Å². The van der Waals surface area contributed by atoms with E-state index in [1.165, 1.54) is 6.42 Å². The number of unbranched alkanes of at least 4 members (excludes halogenated alkanes) is 2. The highest BCUT2D eigenvalue weighted by molar-refractivity contribution is 5.36. The average Bonchev–Trinajstić information content (AvgIpc) is 2.53. The summed E-state index contributed by atoms with van der Waals surface area (Å²) in [7, 11) is 0. The third-order valence-corrected chi connectivity index (χ3v) is 4.17. The Morgan fingerprint density at radius 1 is 1.18 bits per heavy atom. The van der Waals surface area contributed by atoms with Crippen LogP contribution in [0.3, 0.4) is 0 Å². The van der Waals surface area contributed by atoms with Crippen molar-refractivity contribution in [1.29, 1.82) is 0 Å². The third-order valence-electron chi connectivity index (χ3n) is 4.17. The first-order valence-corrected chi connectivity index (χ1v) is 8.21. The smallest absolute Gasteiger partial charge is 0.387 e. The summed E-state index contributed by atoms with van der Waals surface area (Å²) in [5.41, 5.74) is 0.890. The number of hydrogen-bond acceptors (Lipinski definition) is 3. The Morgan fingerprint density at radius 2 is 1.91 bits per heavy atom. The predicted octanol–water partition coefficient (Wildman–Crippen LogP) is 3.81. The van der Waals surface area contributed by atoms with Gasteiger partial charge in [0, 0.05) is 37.8 Å². The van der Waals surface area contributed by atoms with Crippen LogP contribution >= 0.6 is 0 Å². The second-order valence-electron chi connectivity index (χ2n) is 5.71. The molecule has 3 nitrogen and oxygen atoms in total. The number of rotatable bonds is 8. The number of ether oxygens (including phenoxy) is 1. The molecular formula is C17H26F2N2O. The molecule has 1 N–H and O–H groups in total. The molecule has 0 aliphatic carbocycles. The SMILES string of the molecule is CCCCC[C@@H](c1ccccc1OC(F)F)N1CCNCC1. The summed E-state index contributed by atoms with van der Waals surface area (Å²) in [6, 6.07) is 7.39. The Kier molecular flexibility index (Phi) is 7.06. The van der Waals surface area contributed by atoms with E-state index in [1.807, 2.05) is 12.1 Å². The largest absolute Gasteiger partial charge is 0.434 e. The molecule has 0 bridgehead atoms. The zero-order valence-corrected chi connectivity index (χ0v) is 13.2. The van der Waals surface area contributed by atoms with Crippen LogP contribution in [-0.4, -0.2) is 37.7 Å². The number of alkyl halides is 2. The Bertz CT molecular complexity index is 436. The van der Waals surface area contributed by atoms with Gasteiger partial charge in [-0.25, -0.2) is 0 Å². The van der Waals surface area contributed by atoms with E-state index in [4.69, 9.17) is 4.74 Å². The Balaban J connectivity index is 2.19. The van der Waals surface area contributed by atoms with Crippen molar-refractivity contribution in [2.75, 3.05) is 26.2 Å². The van der Waals surface area contributed by atoms with Gasteiger partial charge in [0.1, 0.15) is 5.75 Å². The summed E-state index contributed by atoms with van der Waals surface area (Å²) >= 11 is 0. The van der Waals surface area contributed by atoms with Gasteiger partial charge in [0.2, 0.25) is 0 Å². The monoisotopic (exact) mass is 312 g/mol. The van der Waals surface area contributed by atoms with Crippen LogP contribution in [-0.2, 0) is 0 Å². The van der Waals surface area contributed by atoms with Gasteiger partial charge in [0.15, 0.2) is 0 Å². The number of para-hydroxylation sites is 1. The van der Waals surface area contributed by atoms with Crippen molar-refractivity contribution in [2.24, 2.45) is 0 Å². The van der Waals surface area contributed by atoms with Gasteiger partial charge in [0.05, 0.1) is 0 Å². The normalized spacial score (nSPS) is 17.6. The van der Waals surface area contributed by atoms with Gasteiger partial charge in [-0.15, -0.1) is 0 Å². The molecule has 0 unspecified atom stereocenters. The lowest BCUT2D eigenvalue weighted by Crippen LogP contribution is -2.45. The van der Waals surface area contributed by atoms with E-state index in [1.54, 1.807) is 12.1 Å². The van der Waals surface area contributed by atoms with Gasteiger partial charge < -0.3 is 10.1 Å². The molecule has 1 atom stereocenters. The van der Waals surface area contributed by atoms with Gasteiger partial charge in [0.25, 0.3) is 0 Å². The Morgan fingerprint density at radius 3 is 2.59 bits per heavy atom. The first-order chi connectivity index (χ1) is 10.7. The lowest BCUT2D eigenvalue weighted by molar-refractivity contribution is -0.0513. The second-order valence-corrected chi connectivity index (χ2v) is 5.71. The molecule has 0 radical (unpaired) electrons. The van der Waals surface area contributed by atoms with Crippen LogP contribution < -0.4 is 10.1 Å². The second kappa shape index (κ2) is 9.06. The average molecular weight is 312 g/mol. The maximum absolute atomic E-state index is 12.7.